The molecule has 20 heavy (non-hydrogen) atoms. The van der Waals surface area contributed by atoms with Crippen LogP contribution >= 0.6 is 11.8 Å². The maximum Gasteiger partial charge on any atom is 0.346 e. The highest BCUT2D eigenvalue weighted by atomic mass is 32.2. The molecule has 1 fully saturated rings. The lowest BCUT2D eigenvalue weighted by atomic mass is 9.83. The number of esters is 1. The molecule has 1 saturated carbocycles. The molecule has 2 atom stereocenters. The van der Waals surface area contributed by atoms with Crippen LogP contribution in [-0.4, -0.2) is 34.5 Å². The standard InChI is InChI=1S/C15H22O4S/c1-9(20-2)8-11-14(17)12(15(18)19-11)13(16)10-6-4-3-5-7-10/h9-11,17H,3-8H2,1-2H3. The Morgan fingerprint density at radius 1 is 1.40 bits per heavy atom. The van der Waals surface area contributed by atoms with Gasteiger partial charge in [-0.15, -0.1) is 0 Å². The molecule has 2 aliphatic rings. The molecule has 0 aromatic carbocycles. The molecule has 1 aliphatic heterocycles. The van der Waals surface area contributed by atoms with Gasteiger partial charge in [0, 0.05) is 17.6 Å². The topological polar surface area (TPSA) is 63.6 Å². The van der Waals surface area contributed by atoms with Crippen LogP contribution in [0, 0.1) is 5.92 Å². The first-order valence-electron chi connectivity index (χ1n) is 7.25. The van der Waals surface area contributed by atoms with Gasteiger partial charge in [0.05, 0.1) is 0 Å². The van der Waals surface area contributed by atoms with Crippen LogP contribution in [0.1, 0.15) is 45.4 Å². The Labute approximate surface area is 124 Å². The minimum absolute atomic E-state index is 0.0878. The second-order valence-corrected chi connectivity index (χ2v) is 6.91. The molecule has 1 aliphatic carbocycles. The zero-order valence-corrected chi connectivity index (χ0v) is 12.9. The number of thioether (sulfide) groups is 1. The molecule has 0 bridgehead atoms. The van der Waals surface area contributed by atoms with Crippen molar-refractivity contribution in [2.45, 2.75) is 56.8 Å². The Morgan fingerprint density at radius 2 is 2.05 bits per heavy atom. The fraction of sp³-hybridized carbons (Fsp3) is 0.733. The van der Waals surface area contributed by atoms with Gasteiger partial charge in [-0.2, -0.15) is 11.8 Å². The number of carbonyl (C=O) groups excluding carboxylic acids is 2. The Balaban J connectivity index is 2.11. The predicted octanol–water partition coefficient (Wildman–Crippen LogP) is 3.01. The quantitative estimate of drug-likeness (QED) is 0.624. The Morgan fingerprint density at radius 3 is 2.65 bits per heavy atom. The third-order valence-electron chi connectivity index (χ3n) is 4.19. The van der Waals surface area contributed by atoms with E-state index < -0.39 is 12.1 Å². The van der Waals surface area contributed by atoms with Crippen molar-refractivity contribution in [1.29, 1.82) is 0 Å². The number of Topliss-reactive ketones (excluding diaryl/α,β-unsaturated/α-hetero) is 1. The predicted molar refractivity (Wildman–Crippen MR) is 78.7 cm³/mol. The second-order valence-electron chi connectivity index (χ2n) is 5.64. The summed E-state index contributed by atoms with van der Waals surface area (Å²) in [4.78, 5) is 24.3. The fourth-order valence-corrected chi connectivity index (χ4v) is 3.23. The average molecular weight is 298 g/mol. The number of hydrogen-bond acceptors (Lipinski definition) is 5. The van der Waals surface area contributed by atoms with Crippen molar-refractivity contribution in [3.63, 3.8) is 0 Å². The molecule has 0 aromatic rings. The monoisotopic (exact) mass is 298 g/mol. The van der Waals surface area contributed by atoms with E-state index in [1.165, 1.54) is 0 Å². The molecule has 0 radical (unpaired) electrons. The summed E-state index contributed by atoms with van der Waals surface area (Å²) in [6.07, 6.45) is 6.68. The van der Waals surface area contributed by atoms with Gasteiger partial charge in [0.1, 0.15) is 5.57 Å². The number of ketones is 1. The maximum absolute atomic E-state index is 12.4. The molecule has 0 saturated heterocycles. The molecule has 112 valence electrons. The number of aliphatic hydroxyl groups is 1. The lowest BCUT2D eigenvalue weighted by Crippen LogP contribution is -2.23. The number of ether oxygens (including phenoxy) is 1. The SMILES string of the molecule is CSC(C)CC1OC(=O)C(C(=O)C2CCCCC2)=C1O. The number of rotatable bonds is 5. The summed E-state index contributed by atoms with van der Waals surface area (Å²) in [6, 6.07) is 0. The van der Waals surface area contributed by atoms with Crippen LogP contribution in [0.4, 0.5) is 0 Å². The summed E-state index contributed by atoms with van der Waals surface area (Å²) in [5.74, 6) is -1.13. The van der Waals surface area contributed by atoms with E-state index in [9.17, 15) is 14.7 Å². The third-order valence-corrected chi connectivity index (χ3v) is 5.18. The van der Waals surface area contributed by atoms with E-state index in [1.807, 2.05) is 13.2 Å². The largest absolute Gasteiger partial charge is 0.507 e. The van der Waals surface area contributed by atoms with Crippen LogP contribution in [-0.2, 0) is 14.3 Å². The van der Waals surface area contributed by atoms with E-state index in [0.717, 1.165) is 32.1 Å². The van der Waals surface area contributed by atoms with Gasteiger partial charge in [-0.25, -0.2) is 4.79 Å². The zero-order chi connectivity index (χ0) is 14.7. The summed E-state index contributed by atoms with van der Waals surface area (Å²) in [5.41, 5.74) is -0.0878. The molecule has 4 nitrogen and oxygen atoms in total. The van der Waals surface area contributed by atoms with Gasteiger partial charge in [-0.05, 0) is 19.1 Å². The molecule has 1 N–H and O–H groups in total. The highest BCUT2D eigenvalue weighted by molar-refractivity contribution is 7.99. The van der Waals surface area contributed by atoms with Gasteiger partial charge in [-0.1, -0.05) is 26.2 Å². The van der Waals surface area contributed by atoms with Crippen molar-refractivity contribution < 1.29 is 19.4 Å². The van der Waals surface area contributed by atoms with Gasteiger partial charge >= 0.3 is 5.97 Å². The van der Waals surface area contributed by atoms with Crippen molar-refractivity contribution >= 4 is 23.5 Å². The van der Waals surface area contributed by atoms with E-state index in [1.54, 1.807) is 11.8 Å². The molecular weight excluding hydrogens is 276 g/mol. The van der Waals surface area contributed by atoms with Gasteiger partial charge in [0.25, 0.3) is 0 Å². The first-order chi connectivity index (χ1) is 9.54. The van der Waals surface area contributed by atoms with E-state index >= 15 is 0 Å². The van der Waals surface area contributed by atoms with Crippen LogP contribution in [0.25, 0.3) is 0 Å². The number of carbonyl (C=O) groups is 2. The molecule has 0 amide bonds. The number of cyclic esters (lactones) is 1. The minimum Gasteiger partial charge on any atom is -0.507 e. The van der Waals surface area contributed by atoms with Crippen molar-refractivity contribution in [2.24, 2.45) is 5.92 Å². The van der Waals surface area contributed by atoms with Crippen LogP contribution in [0.2, 0.25) is 0 Å². The Bertz CT molecular complexity index is 424. The zero-order valence-electron chi connectivity index (χ0n) is 12.1. The molecule has 5 heteroatoms. The highest BCUT2D eigenvalue weighted by Gasteiger charge is 2.41. The lowest BCUT2D eigenvalue weighted by molar-refractivity contribution is -0.141. The van der Waals surface area contributed by atoms with Gasteiger partial charge in [0.2, 0.25) is 0 Å². The molecule has 2 unspecified atom stereocenters. The molecular formula is C15H22O4S. The summed E-state index contributed by atoms with van der Waals surface area (Å²) in [7, 11) is 0. The van der Waals surface area contributed by atoms with Gasteiger partial charge in [0.15, 0.2) is 17.6 Å². The van der Waals surface area contributed by atoms with E-state index in [-0.39, 0.29) is 28.3 Å². The average Bonchev–Trinajstić information content (AvgIpc) is 2.73. The fourth-order valence-electron chi connectivity index (χ4n) is 2.86. The van der Waals surface area contributed by atoms with Gasteiger partial charge < -0.3 is 9.84 Å². The van der Waals surface area contributed by atoms with E-state index in [0.29, 0.717) is 6.42 Å². The smallest absolute Gasteiger partial charge is 0.346 e. The lowest BCUT2D eigenvalue weighted by Gasteiger charge is -2.19. The van der Waals surface area contributed by atoms with Crippen LogP contribution in [0.15, 0.2) is 11.3 Å². The molecule has 0 aromatic heterocycles. The van der Waals surface area contributed by atoms with E-state index in [4.69, 9.17) is 4.74 Å². The third kappa shape index (κ3) is 3.19. The molecule has 1 heterocycles. The van der Waals surface area contributed by atoms with Crippen molar-refractivity contribution in [1.82, 2.24) is 0 Å². The summed E-state index contributed by atoms with van der Waals surface area (Å²) in [5, 5.41) is 10.4. The van der Waals surface area contributed by atoms with Crippen molar-refractivity contribution in [2.75, 3.05) is 6.26 Å². The Hall–Kier alpha value is -0.970. The second kappa shape index (κ2) is 6.66. The first-order valence-corrected chi connectivity index (χ1v) is 8.54. The molecule has 0 spiro atoms. The summed E-state index contributed by atoms with van der Waals surface area (Å²) < 4.78 is 5.17. The molecule has 2 rings (SSSR count). The summed E-state index contributed by atoms with van der Waals surface area (Å²) >= 11 is 1.64. The first kappa shape index (κ1) is 15.4. The van der Waals surface area contributed by atoms with E-state index in [2.05, 4.69) is 0 Å². The Kier molecular flexibility index (Phi) is 5.13. The number of hydrogen-bond donors (Lipinski definition) is 1. The maximum atomic E-state index is 12.4. The van der Waals surface area contributed by atoms with Crippen molar-refractivity contribution in [3.8, 4) is 0 Å². The van der Waals surface area contributed by atoms with Crippen LogP contribution in [0.3, 0.4) is 0 Å². The van der Waals surface area contributed by atoms with Gasteiger partial charge in [-0.3, -0.25) is 4.79 Å². The van der Waals surface area contributed by atoms with Crippen molar-refractivity contribution in [3.05, 3.63) is 11.3 Å². The highest BCUT2D eigenvalue weighted by Crippen LogP contribution is 2.32. The van der Waals surface area contributed by atoms with Crippen LogP contribution in [0.5, 0.6) is 0 Å². The normalized spacial score (nSPS) is 25.7. The minimum atomic E-state index is -0.646. The summed E-state index contributed by atoms with van der Waals surface area (Å²) in [6.45, 7) is 2.01. The van der Waals surface area contributed by atoms with Crippen LogP contribution < -0.4 is 0 Å². The number of aliphatic hydroxyl groups excluding tert-OH is 1.